The molecule has 0 aromatic heterocycles. The molecular weight excluding hydrogens is 448 g/mol. The molecule has 3 aliphatic rings. The number of nitrogens with zero attached hydrogens (tertiary/aromatic N) is 1. The molecule has 1 heterocycles. The van der Waals surface area contributed by atoms with Crippen molar-refractivity contribution in [3.05, 3.63) is 64.8 Å². The lowest BCUT2D eigenvalue weighted by atomic mass is 9.83. The van der Waals surface area contributed by atoms with Crippen LogP contribution in [0.25, 0.3) is 6.08 Å². The summed E-state index contributed by atoms with van der Waals surface area (Å²) in [4.78, 5) is 38.9. The van der Waals surface area contributed by atoms with Gasteiger partial charge in [-0.15, -0.1) is 0 Å². The number of piperidine rings is 1. The number of rotatable bonds is 10. The van der Waals surface area contributed by atoms with Crippen molar-refractivity contribution in [3.63, 3.8) is 0 Å². The molecule has 0 saturated carbocycles. The Hall–Kier alpha value is -2.79. The molecule has 2 amide bonds. The van der Waals surface area contributed by atoms with Crippen molar-refractivity contribution in [3.8, 4) is 0 Å². The number of imide groups is 1. The molecule has 2 aliphatic carbocycles. The first kappa shape index (κ1) is 26.3. The van der Waals surface area contributed by atoms with Crippen molar-refractivity contribution < 1.29 is 14.4 Å². The minimum absolute atomic E-state index is 0.0120. The Balaban J connectivity index is 1.31. The first-order valence-corrected chi connectivity index (χ1v) is 13.8. The molecule has 1 fully saturated rings. The molecule has 36 heavy (non-hydrogen) atoms. The summed E-state index contributed by atoms with van der Waals surface area (Å²) < 4.78 is 0. The SMILES string of the molecule is CCCN(CC/C=C\c1ccc2c(c1)CC(CC1CCC(=O)NC1=O)=CC2=O)CC1CCC=CCC1. The molecule has 1 unspecified atom stereocenters. The highest BCUT2D eigenvalue weighted by molar-refractivity contribution is 6.07. The molecule has 4 rings (SSSR count). The number of nitrogens with one attached hydrogen (secondary N) is 1. The normalized spacial score (nSPS) is 21.0. The van der Waals surface area contributed by atoms with E-state index in [4.69, 9.17) is 0 Å². The third-order valence-corrected chi connectivity index (χ3v) is 7.64. The number of carbonyl (C=O) groups is 3. The fraction of sp³-hybridized carbons (Fsp3) is 0.516. The summed E-state index contributed by atoms with van der Waals surface area (Å²) in [5.74, 6) is 0.169. The van der Waals surface area contributed by atoms with Crippen LogP contribution in [-0.2, 0) is 16.0 Å². The fourth-order valence-electron chi connectivity index (χ4n) is 5.72. The largest absolute Gasteiger partial charge is 0.303 e. The van der Waals surface area contributed by atoms with E-state index in [1.807, 2.05) is 12.1 Å². The van der Waals surface area contributed by atoms with Crippen LogP contribution in [0.4, 0.5) is 0 Å². The highest BCUT2D eigenvalue weighted by atomic mass is 16.2. The number of fused-ring (bicyclic) bond motifs is 1. The van der Waals surface area contributed by atoms with E-state index in [1.54, 1.807) is 6.08 Å². The smallest absolute Gasteiger partial charge is 0.229 e. The number of amides is 2. The molecule has 1 atom stereocenters. The van der Waals surface area contributed by atoms with E-state index in [2.05, 4.69) is 47.5 Å². The average Bonchev–Trinajstić information content (AvgIpc) is 3.12. The third kappa shape index (κ3) is 7.36. The topological polar surface area (TPSA) is 66.5 Å². The second kappa shape index (κ2) is 13.0. The van der Waals surface area contributed by atoms with E-state index < -0.39 is 0 Å². The van der Waals surface area contributed by atoms with Crippen LogP contribution in [-0.4, -0.2) is 42.1 Å². The molecule has 5 heteroatoms. The Morgan fingerprint density at radius 1 is 1.06 bits per heavy atom. The second-order valence-corrected chi connectivity index (χ2v) is 10.6. The summed E-state index contributed by atoms with van der Waals surface area (Å²) >= 11 is 0. The zero-order valence-electron chi connectivity index (χ0n) is 21.6. The highest BCUT2D eigenvalue weighted by Gasteiger charge is 2.29. The van der Waals surface area contributed by atoms with Crippen molar-refractivity contribution in [2.75, 3.05) is 19.6 Å². The number of carbonyl (C=O) groups excluding carboxylic acids is 3. The standard InChI is InChI=1S/C31H40N2O3/c1-2-16-33(22-24-10-5-3-4-6-11-24)17-8-7-9-23-12-14-28-27(18-23)20-25(21-29(28)34)19-26-13-15-30(35)32-31(26)36/h3-4,7,9,12,14,18,21,24,26H,2,5-6,8,10-11,13,15-17,19-20,22H2,1H3,(H,32,35,36)/b9-7-. The summed E-state index contributed by atoms with van der Waals surface area (Å²) in [6, 6.07) is 6.07. The maximum atomic E-state index is 12.7. The molecule has 0 spiro atoms. The van der Waals surface area contributed by atoms with Gasteiger partial charge in [-0.1, -0.05) is 55.0 Å². The van der Waals surface area contributed by atoms with Crippen molar-refractivity contribution in [2.45, 2.75) is 71.1 Å². The second-order valence-electron chi connectivity index (χ2n) is 10.6. The van der Waals surface area contributed by atoms with Gasteiger partial charge < -0.3 is 4.90 Å². The van der Waals surface area contributed by atoms with Gasteiger partial charge in [-0.3, -0.25) is 19.7 Å². The maximum Gasteiger partial charge on any atom is 0.229 e. The van der Waals surface area contributed by atoms with Gasteiger partial charge in [0.1, 0.15) is 0 Å². The number of hydrogen-bond donors (Lipinski definition) is 1. The molecule has 1 aromatic rings. The van der Waals surface area contributed by atoms with Crippen molar-refractivity contribution in [1.29, 1.82) is 0 Å². The van der Waals surface area contributed by atoms with Crippen LogP contribution in [0.5, 0.6) is 0 Å². The van der Waals surface area contributed by atoms with Gasteiger partial charge in [0, 0.05) is 31.0 Å². The maximum absolute atomic E-state index is 12.7. The zero-order chi connectivity index (χ0) is 25.3. The number of ketones is 1. The van der Waals surface area contributed by atoms with E-state index in [0.29, 0.717) is 25.7 Å². The van der Waals surface area contributed by atoms with Gasteiger partial charge in [0.25, 0.3) is 0 Å². The summed E-state index contributed by atoms with van der Waals surface area (Å²) in [6.07, 6.45) is 20.2. The average molecular weight is 489 g/mol. The van der Waals surface area contributed by atoms with Crippen LogP contribution in [0, 0.1) is 11.8 Å². The number of allylic oxidation sites excluding steroid dienone is 4. The number of hydrogen-bond acceptors (Lipinski definition) is 4. The van der Waals surface area contributed by atoms with Gasteiger partial charge in [0.15, 0.2) is 5.78 Å². The Bertz CT molecular complexity index is 1040. The van der Waals surface area contributed by atoms with E-state index in [-0.39, 0.29) is 23.5 Å². The van der Waals surface area contributed by atoms with Gasteiger partial charge in [0.05, 0.1) is 0 Å². The van der Waals surface area contributed by atoms with Crippen LogP contribution in [0.1, 0.15) is 86.2 Å². The van der Waals surface area contributed by atoms with Crippen LogP contribution in [0.3, 0.4) is 0 Å². The quantitative estimate of drug-likeness (QED) is 0.341. The van der Waals surface area contributed by atoms with Gasteiger partial charge in [-0.2, -0.15) is 0 Å². The van der Waals surface area contributed by atoms with Gasteiger partial charge in [0.2, 0.25) is 11.8 Å². The van der Waals surface area contributed by atoms with E-state index in [1.165, 1.54) is 38.6 Å². The molecule has 1 aromatic carbocycles. The van der Waals surface area contributed by atoms with Gasteiger partial charge >= 0.3 is 0 Å². The monoisotopic (exact) mass is 488 g/mol. The molecule has 1 aliphatic heterocycles. The van der Waals surface area contributed by atoms with Gasteiger partial charge in [-0.25, -0.2) is 0 Å². The van der Waals surface area contributed by atoms with Crippen molar-refractivity contribution in [2.24, 2.45) is 11.8 Å². The Morgan fingerprint density at radius 2 is 1.86 bits per heavy atom. The fourth-order valence-corrected chi connectivity index (χ4v) is 5.72. The molecule has 1 N–H and O–H groups in total. The first-order valence-electron chi connectivity index (χ1n) is 13.8. The van der Waals surface area contributed by atoms with E-state index in [9.17, 15) is 14.4 Å². The van der Waals surface area contributed by atoms with Gasteiger partial charge in [-0.05, 0) is 87.5 Å². The highest BCUT2D eigenvalue weighted by Crippen LogP contribution is 2.29. The minimum atomic E-state index is -0.230. The molecule has 192 valence electrons. The molecule has 0 radical (unpaired) electrons. The number of benzene rings is 1. The molecular formula is C31H40N2O3. The molecule has 0 bridgehead atoms. The lowest BCUT2D eigenvalue weighted by molar-refractivity contribution is -0.136. The predicted octanol–water partition coefficient (Wildman–Crippen LogP) is 5.66. The Labute approximate surface area is 215 Å². The summed E-state index contributed by atoms with van der Waals surface area (Å²) in [6.45, 7) is 5.69. The molecule has 1 saturated heterocycles. The Morgan fingerprint density at radius 3 is 2.61 bits per heavy atom. The van der Waals surface area contributed by atoms with Crippen LogP contribution in [0.15, 0.2) is 48.1 Å². The lowest BCUT2D eigenvalue weighted by Gasteiger charge is -2.26. The van der Waals surface area contributed by atoms with E-state index >= 15 is 0 Å². The first-order chi connectivity index (χ1) is 17.5. The Kier molecular flexibility index (Phi) is 9.46. The summed E-state index contributed by atoms with van der Waals surface area (Å²) in [5, 5.41) is 2.42. The zero-order valence-corrected chi connectivity index (χ0v) is 21.6. The van der Waals surface area contributed by atoms with Crippen LogP contribution < -0.4 is 5.32 Å². The third-order valence-electron chi connectivity index (χ3n) is 7.64. The summed E-state index contributed by atoms with van der Waals surface area (Å²) in [7, 11) is 0. The van der Waals surface area contributed by atoms with E-state index in [0.717, 1.165) is 47.7 Å². The summed E-state index contributed by atoms with van der Waals surface area (Å²) in [5.41, 5.74) is 3.88. The van der Waals surface area contributed by atoms with Crippen molar-refractivity contribution in [1.82, 2.24) is 10.2 Å². The predicted molar refractivity (Wildman–Crippen MR) is 145 cm³/mol. The minimum Gasteiger partial charge on any atom is -0.303 e. The van der Waals surface area contributed by atoms with Crippen LogP contribution in [0.2, 0.25) is 0 Å². The van der Waals surface area contributed by atoms with Crippen molar-refractivity contribution >= 4 is 23.7 Å². The van der Waals surface area contributed by atoms with Crippen LogP contribution >= 0.6 is 0 Å². The molecule has 5 nitrogen and oxygen atoms in total. The lowest BCUT2D eigenvalue weighted by Crippen LogP contribution is -2.41.